The first-order chi connectivity index (χ1) is 6.97. The summed E-state index contributed by atoms with van der Waals surface area (Å²) in [7, 11) is -4.17. The number of benzene rings is 2. The second-order valence-corrected chi connectivity index (χ2v) is 4.59. The third-order valence-electron chi connectivity index (χ3n) is 2.09. The van der Waals surface area contributed by atoms with Crippen LogP contribution in [0, 0.1) is 0 Å². The molecule has 0 radical (unpaired) electrons. The van der Waals surface area contributed by atoms with Gasteiger partial charge in [0.25, 0.3) is 10.1 Å². The number of fused-ring (bicyclic) bond motifs is 1. The molecule has 4 nitrogen and oxygen atoms in total. The first-order valence-electron chi connectivity index (χ1n) is 4.17. The van der Waals surface area contributed by atoms with Crippen molar-refractivity contribution in [1.29, 1.82) is 0 Å². The molecule has 0 amide bonds. The van der Waals surface area contributed by atoms with E-state index in [1.807, 2.05) is 0 Å². The van der Waals surface area contributed by atoms with E-state index in [9.17, 15) is 13.5 Å². The molecular weight excluding hydrogens is 275 g/mol. The van der Waals surface area contributed by atoms with E-state index in [0.29, 0.717) is 10.8 Å². The molecule has 0 saturated carbocycles. The molecule has 2 rings (SSSR count). The number of hydrogen-bond donors (Lipinski definition) is 2. The molecule has 2 N–H and O–H groups in total. The second kappa shape index (κ2) is 4.41. The van der Waals surface area contributed by atoms with E-state index in [0.717, 1.165) is 0 Å². The van der Waals surface area contributed by atoms with Gasteiger partial charge in [-0.3, -0.25) is 4.55 Å². The summed E-state index contributed by atoms with van der Waals surface area (Å²) in [6, 6.07) is 8.72. The molecule has 16 heavy (non-hydrogen) atoms. The van der Waals surface area contributed by atoms with Crippen molar-refractivity contribution >= 4 is 20.9 Å². The average molecular weight is 283 g/mol. The summed E-state index contributed by atoms with van der Waals surface area (Å²) >= 11 is 0. The van der Waals surface area contributed by atoms with E-state index < -0.39 is 10.1 Å². The normalized spacial score (nSPS) is 11.1. The van der Waals surface area contributed by atoms with Crippen molar-refractivity contribution < 1.29 is 34.6 Å². The van der Waals surface area contributed by atoms with Crippen molar-refractivity contribution in [3.8, 4) is 5.75 Å². The summed E-state index contributed by atoms with van der Waals surface area (Å²) in [5, 5.41) is 10.5. The molecule has 0 aromatic heterocycles. The van der Waals surface area contributed by atoms with Crippen molar-refractivity contribution in [2.24, 2.45) is 0 Å². The molecule has 0 fully saturated rings. The van der Waals surface area contributed by atoms with Crippen LogP contribution in [0.5, 0.6) is 5.75 Å². The molecule has 0 saturated heterocycles. The third kappa shape index (κ3) is 2.53. The Kier molecular flexibility index (Phi) is 3.58. The van der Waals surface area contributed by atoms with E-state index in [-0.39, 0.29) is 27.1 Å². The molecule has 2 aromatic rings. The Labute approximate surface area is 103 Å². The fourth-order valence-corrected chi connectivity index (χ4v) is 1.89. The Bertz CT molecular complexity index is 622. The molecule has 0 heterocycles. The summed E-state index contributed by atoms with van der Waals surface area (Å²) in [4.78, 5) is -0.152. The zero-order valence-electron chi connectivity index (χ0n) is 7.90. The van der Waals surface area contributed by atoms with Gasteiger partial charge < -0.3 is 5.11 Å². The maximum absolute atomic E-state index is 10.8. The molecule has 0 atom stereocenters. The van der Waals surface area contributed by atoms with Crippen molar-refractivity contribution in [2.75, 3.05) is 0 Å². The van der Waals surface area contributed by atoms with Gasteiger partial charge in [-0.05, 0) is 35.0 Å². The predicted octanol–water partition coefficient (Wildman–Crippen LogP) is 1.79. The van der Waals surface area contributed by atoms with Crippen LogP contribution in [0.15, 0.2) is 41.3 Å². The van der Waals surface area contributed by atoms with E-state index in [1.54, 1.807) is 6.07 Å². The minimum Gasteiger partial charge on any atom is -0.508 e. The monoisotopic (exact) mass is 282 g/mol. The Balaban J connectivity index is 0.00000128. The molecule has 2 aromatic carbocycles. The molecule has 0 spiro atoms. The van der Waals surface area contributed by atoms with Crippen LogP contribution in [0.25, 0.3) is 10.8 Å². The van der Waals surface area contributed by atoms with Crippen LogP contribution < -0.4 is 0 Å². The van der Waals surface area contributed by atoms with Crippen LogP contribution in [0.4, 0.5) is 0 Å². The number of hydrogen-bond acceptors (Lipinski definition) is 3. The number of phenols is 1. The fraction of sp³-hybridized carbons (Fsp3) is 0. The van der Waals surface area contributed by atoms with Crippen LogP contribution >= 0.6 is 0 Å². The minimum atomic E-state index is -4.17. The van der Waals surface area contributed by atoms with Gasteiger partial charge in [0, 0.05) is 16.5 Å². The van der Waals surface area contributed by atoms with Crippen LogP contribution in [-0.2, 0) is 26.6 Å². The first kappa shape index (κ1) is 13.0. The Hall–Kier alpha value is -1.10. The summed E-state index contributed by atoms with van der Waals surface area (Å²) < 4.78 is 30.5. The summed E-state index contributed by atoms with van der Waals surface area (Å²) in [6.45, 7) is 0. The second-order valence-electron chi connectivity index (χ2n) is 3.17. The Morgan fingerprint density at radius 1 is 0.938 bits per heavy atom. The van der Waals surface area contributed by atoms with Crippen LogP contribution in [0.1, 0.15) is 0 Å². The summed E-state index contributed by atoms with van der Waals surface area (Å²) in [5.41, 5.74) is 0. The van der Waals surface area contributed by atoms with Gasteiger partial charge in [-0.25, -0.2) is 0 Å². The van der Waals surface area contributed by atoms with Crippen LogP contribution in [0.3, 0.4) is 0 Å². The third-order valence-corrected chi connectivity index (χ3v) is 2.94. The minimum absolute atomic E-state index is 0. The van der Waals surface area contributed by atoms with Crippen molar-refractivity contribution in [2.45, 2.75) is 4.90 Å². The Morgan fingerprint density at radius 2 is 1.50 bits per heavy atom. The van der Waals surface area contributed by atoms with E-state index >= 15 is 0 Å². The Morgan fingerprint density at radius 3 is 2.12 bits per heavy atom. The van der Waals surface area contributed by atoms with Gasteiger partial charge in [0.05, 0.1) is 4.90 Å². The van der Waals surface area contributed by atoms with Gasteiger partial charge in [0.2, 0.25) is 0 Å². The van der Waals surface area contributed by atoms with Crippen molar-refractivity contribution in [3.63, 3.8) is 0 Å². The van der Waals surface area contributed by atoms with Crippen LogP contribution in [-0.4, -0.2) is 18.1 Å². The summed E-state index contributed by atoms with van der Waals surface area (Å²) in [6.07, 6.45) is 0. The molecule has 0 unspecified atom stereocenters. The molecule has 0 bridgehead atoms. The van der Waals surface area contributed by atoms with Gasteiger partial charge in [0.1, 0.15) is 5.75 Å². The smallest absolute Gasteiger partial charge is 0.294 e. The predicted molar refractivity (Wildman–Crippen MR) is 55.4 cm³/mol. The zero-order chi connectivity index (χ0) is 11.1. The fourth-order valence-electron chi connectivity index (χ4n) is 1.37. The van der Waals surface area contributed by atoms with E-state index in [4.69, 9.17) is 4.55 Å². The van der Waals surface area contributed by atoms with E-state index in [2.05, 4.69) is 0 Å². The van der Waals surface area contributed by atoms with Crippen molar-refractivity contribution in [1.82, 2.24) is 0 Å². The maximum atomic E-state index is 10.8. The topological polar surface area (TPSA) is 74.6 Å². The van der Waals surface area contributed by atoms with Gasteiger partial charge in [-0.15, -0.1) is 0 Å². The molecular formula is C10H8NiO4S. The number of phenolic OH excluding ortho intramolecular Hbond substituents is 1. The zero-order valence-corrected chi connectivity index (χ0v) is 9.70. The SMILES string of the molecule is O=S(=O)(O)c1ccc2cc(O)ccc2c1.[Ni]. The first-order valence-corrected chi connectivity index (χ1v) is 5.61. The maximum Gasteiger partial charge on any atom is 0.294 e. The number of aromatic hydroxyl groups is 1. The molecule has 0 aliphatic heterocycles. The molecule has 0 aliphatic carbocycles. The number of rotatable bonds is 1. The van der Waals surface area contributed by atoms with E-state index in [1.165, 1.54) is 30.3 Å². The molecule has 6 heteroatoms. The van der Waals surface area contributed by atoms with Gasteiger partial charge in [-0.1, -0.05) is 12.1 Å². The largest absolute Gasteiger partial charge is 0.508 e. The molecule has 0 aliphatic rings. The molecule has 88 valence electrons. The van der Waals surface area contributed by atoms with Gasteiger partial charge in [-0.2, -0.15) is 8.42 Å². The standard InChI is InChI=1S/C10H8O4S.Ni/c11-9-3-1-8-6-10(15(12,13)14)4-2-7(8)5-9;/h1-6,11H,(H,12,13,14);. The van der Waals surface area contributed by atoms with Crippen LogP contribution in [0.2, 0.25) is 0 Å². The average Bonchev–Trinajstić information content (AvgIpc) is 2.15. The quantitative estimate of drug-likeness (QED) is 0.618. The van der Waals surface area contributed by atoms with Gasteiger partial charge in [0.15, 0.2) is 0 Å². The summed E-state index contributed by atoms with van der Waals surface area (Å²) in [5.74, 6) is 0.113. The van der Waals surface area contributed by atoms with Crippen molar-refractivity contribution in [3.05, 3.63) is 36.4 Å². The van der Waals surface area contributed by atoms with Gasteiger partial charge >= 0.3 is 0 Å².